The van der Waals surface area contributed by atoms with Gasteiger partial charge in [0.15, 0.2) is 0 Å². The van der Waals surface area contributed by atoms with Gasteiger partial charge in [0.1, 0.15) is 11.4 Å². The smallest absolute Gasteiger partial charge is 0.415 e. The SMILES string of the molecule is C#CCN(C(=O)OC(C)(C)C)c1ccc(C(=O)NC[C@@H](C)O)c(OC)c1. The van der Waals surface area contributed by atoms with E-state index in [1.807, 2.05) is 0 Å². The topological polar surface area (TPSA) is 88.1 Å². The summed E-state index contributed by atoms with van der Waals surface area (Å²) in [6.07, 6.45) is 4.11. The van der Waals surface area contributed by atoms with Crippen LogP contribution in [0, 0.1) is 12.3 Å². The number of rotatable bonds is 6. The zero-order chi connectivity index (χ0) is 19.9. The molecule has 0 fully saturated rings. The fourth-order valence-corrected chi connectivity index (χ4v) is 2.04. The lowest BCUT2D eigenvalue weighted by molar-refractivity contribution is 0.0585. The number of terminal acetylenes is 1. The summed E-state index contributed by atoms with van der Waals surface area (Å²) in [6, 6.07) is 4.65. The van der Waals surface area contributed by atoms with E-state index in [2.05, 4.69) is 11.2 Å². The molecule has 2 amide bonds. The fourth-order valence-electron chi connectivity index (χ4n) is 2.04. The van der Waals surface area contributed by atoms with Crippen molar-refractivity contribution in [2.75, 3.05) is 25.1 Å². The number of carbonyl (C=O) groups is 2. The van der Waals surface area contributed by atoms with Crippen LogP contribution >= 0.6 is 0 Å². The second-order valence-corrected chi connectivity index (χ2v) is 6.71. The predicted octanol–water partition coefficient (Wildman–Crippen LogP) is 2.18. The van der Waals surface area contributed by atoms with Crippen molar-refractivity contribution in [3.8, 4) is 18.1 Å². The first kappa shape index (κ1) is 21.3. The summed E-state index contributed by atoms with van der Waals surface area (Å²) in [7, 11) is 1.42. The number of nitrogens with one attached hydrogen (secondary N) is 1. The molecule has 1 rings (SSSR count). The van der Waals surface area contributed by atoms with Crippen LogP contribution in [0.15, 0.2) is 18.2 Å². The number of hydrogen-bond donors (Lipinski definition) is 2. The fraction of sp³-hybridized carbons (Fsp3) is 0.474. The maximum absolute atomic E-state index is 12.4. The molecule has 2 N–H and O–H groups in total. The van der Waals surface area contributed by atoms with Gasteiger partial charge in [0.05, 0.1) is 31.0 Å². The molecule has 1 aromatic rings. The highest BCUT2D eigenvalue weighted by molar-refractivity contribution is 5.98. The normalized spacial score (nSPS) is 11.9. The van der Waals surface area contributed by atoms with Crippen LogP contribution in [0.4, 0.5) is 10.5 Å². The molecule has 26 heavy (non-hydrogen) atoms. The quantitative estimate of drug-likeness (QED) is 0.758. The molecule has 1 atom stereocenters. The van der Waals surface area contributed by atoms with Gasteiger partial charge in [-0.25, -0.2) is 4.79 Å². The monoisotopic (exact) mass is 362 g/mol. The van der Waals surface area contributed by atoms with Crippen LogP contribution < -0.4 is 15.0 Å². The molecular weight excluding hydrogens is 336 g/mol. The molecule has 0 spiro atoms. The Labute approximate surface area is 154 Å². The number of ether oxygens (including phenoxy) is 2. The van der Waals surface area contributed by atoms with Gasteiger partial charge in [-0.15, -0.1) is 6.42 Å². The molecule has 1 aromatic carbocycles. The Morgan fingerprint density at radius 1 is 1.38 bits per heavy atom. The van der Waals surface area contributed by atoms with Gasteiger partial charge in [0.25, 0.3) is 5.91 Å². The van der Waals surface area contributed by atoms with E-state index in [-0.39, 0.29) is 24.4 Å². The van der Waals surface area contributed by atoms with Crippen molar-refractivity contribution >= 4 is 17.7 Å². The molecule has 7 nitrogen and oxygen atoms in total. The number of aliphatic hydroxyl groups excluding tert-OH is 1. The van der Waals surface area contributed by atoms with Gasteiger partial charge in [0, 0.05) is 12.6 Å². The number of methoxy groups -OCH3 is 1. The lowest BCUT2D eigenvalue weighted by Crippen LogP contribution is -2.37. The van der Waals surface area contributed by atoms with Gasteiger partial charge < -0.3 is 19.9 Å². The molecule has 0 radical (unpaired) electrons. The standard InChI is InChI=1S/C19H26N2O5/c1-7-10-21(18(24)26-19(3,4)5)14-8-9-15(16(11-14)25-6)17(23)20-12-13(2)22/h1,8-9,11,13,22H,10,12H2,2-6H3,(H,20,23)/t13-/m1/s1. The summed E-state index contributed by atoms with van der Waals surface area (Å²) < 4.78 is 10.6. The number of anilines is 1. The maximum atomic E-state index is 12.4. The third-order valence-electron chi connectivity index (χ3n) is 3.16. The van der Waals surface area contributed by atoms with E-state index in [9.17, 15) is 14.7 Å². The van der Waals surface area contributed by atoms with Crippen LogP contribution in [-0.2, 0) is 4.74 Å². The van der Waals surface area contributed by atoms with Crippen LogP contribution in [-0.4, -0.2) is 49.0 Å². The number of aliphatic hydroxyl groups is 1. The molecule has 0 aromatic heterocycles. The molecule has 0 saturated heterocycles. The summed E-state index contributed by atoms with van der Waals surface area (Å²) in [6.45, 7) is 6.97. The number of benzene rings is 1. The lowest BCUT2D eigenvalue weighted by Gasteiger charge is -2.26. The Balaban J connectivity index is 3.13. The first-order valence-electron chi connectivity index (χ1n) is 8.17. The Morgan fingerprint density at radius 3 is 2.54 bits per heavy atom. The molecular formula is C19H26N2O5. The van der Waals surface area contributed by atoms with Crippen molar-refractivity contribution in [1.29, 1.82) is 0 Å². The van der Waals surface area contributed by atoms with E-state index in [0.717, 1.165) is 0 Å². The van der Waals surface area contributed by atoms with E-state index in [1.54, 1.807) is 39.8 Å². The summed E-state index contributed by atoms with van der Waals surface area (Å²) in [4.78, 5) is 25.9. The molecule has 0 aliphatic rings. The summed E-state index contributed by atoms with van der Waals surface area (Å²) >= 11 is 0. The third kappa shape index (κ3) is 6.30. The second kappa shape index (κ2) is 9.11. The van der Waals surface area contributed by atoms with Gasteiger partial charge >= 0.3 is 6.09 Å². The molecule has 0 aliphatic carbocycles. The van der Waals surface area contributed by atoms with Crippen LogP contribution in [0.1, 0.15) is 38.1 Å². The van der Waals surface area contributed by atoms with Crippen molar-refractivity contribution in [1.82, 2.24) is 5.32 Å². The molecule has 0 heterocycles. The summed E-state index contributed by atoms with van der Waals surface area (Å²) in [5.41, 5.74) is 0.0531. The predicted molar refractivity (Wildman–Crippen MR) is 99.4 cm³/mol. The molecule has 0 unspecified atom stereocenters. The minimum Gasteiger partial charge on any atom is -0.496 e. The highest BCUT2D eigenvalue weighted by Crippen LogP contribution is 2.27. The van der Waals surface area contributed by atoms with Crippen molar-refractivity contribution in [3.63, 3.8) is 0 Å². The van der Waals surface area contributed by atoms with Crippen LogP contribution in [0.25, 0.3) is 0 Å². The minimum absolute atomic E-state index is 0.00559. The van der Waals surface area contributed by atoms with E-state index in [0.29, 0.717) is 5.69 Å². The van der Waals surface area contributed by atoms with Gasteiger partial charge in [-0.3, -0.25) is 9.69 Å². The van der Waals surface area contributed by atoms with Crippen LogP contribution in [0.5, 0.6) is 5.75 Å². The molecule has 0 bridgehead atoms. The van der Waals surface area contributed by atoms with Crippen LogP contribution in [0.2, 0.25) is 0 Å². The van der Waals surface area contributed by atoms with E-state index in [1.165, 1.54) is 18.1 Å². The van der Waals surface area contributed by atoms with E-state index in [4.69, 9.17) is 15.9 Å². The highest BCUT2D eigenvalue weighted by atomic mass is 16.6. The first-order valence-corrected chi connectivity index (χ1v) is 8.17. The first-order chi connectivity index (χ1) is 12.1. The van der Waals surface area contributed by atoms with Crippen molar-refractivity contribution in [2.45, 2.75) is 39.4 Å². The number of nitrogens with zero attached hydrogens (tertiary/aromatic N) is 1. The summed E-state index contributed by atoms with van der Waals surface area (Å²) in [5, 5.41) is 11.9. The lowest BCUT2D eigenvalue weighted by atomic mass is 10.1. The maximum Gasteiger partial charge on any atom is 0.415 e. The molecule has 0 aliphatic heterocycles. The molecule has 0 saturated carbocycles. The van der Waals surface area contributed by atoms with E-state index >= 15 is 0 Å². The highest BCUT2D eigenvalue weighted by Gasteiger charge is 2.24. The van der Waals surface area contributed by atoms with Gasteiger partial charge in [-0.2, -0.15) is 0 Å². The zero-order valence-corrected chi connectivity index (χ0v) is 15.8. The van der Waals surface area contributed by atoms with Gasteiger partial charge in [-0.1, -0.05) is 5.92 Å². The van der Waals surface area contributed by atoms with Crippen molar-refractivity contribution in [2.24, 2.45) is 0 Å². The Bertz CT molecular complexity index is 686. The Morgan fingerprint density at radius 2 is 2.04 bits per heavy atom. The average molecular weight is 362 g/mol. The average Bonchev–Trinajstić information content (AvgIpc) is 2.55. The Hall–Kier alpha value is -2.72. The second-order valence-electron chi connectivity index (χ2n) is 6.71. The molecule has 142 valence electrons. The minimum atomic E-state index is -0.672. The summed E-state index contributed by atoms with van der Waals surface area (Å²) in [5.74, 6) is 2.30. The van der Waals surface area contributed by atoms with Gasteiger partial charge in [0.2, 0.25) is 0 Å². The largest absolute Gasteiger partial charge is 0.496 e. The van der Waals surface area contributed by atoms with Crippen molar-refractivity contribution in [3.05, 3.63) is 23.8 Å². The van der Waals surface area contributed by atoms with Gasteiger partial charge in [-0.05, 0) is 39.8 Å². The third-order valence-corrected chi connectivity index (χ3v) is 3.16. The van der Waals surface area contributed by atoms with Crippen LogP contribution in [0.3, 0.4) is 0 Å². The Kier molecular flexibility index (Phi) is 7.47. The number of hydrogen-bond acceptors (Lipinski definition) is 5. The zero-order valence-electron chi connectivity index (χ0n) is 15.8. The molecule has 7 heteroatoms. The number of amides is 2. The van der Waals surface area contributed by atoms with Crippen molar-refractivity contribution < 1.29 is 24.2 Å². The number of carbonyl (C=O) groups excluding carboxylic acids is 2. The van der Waals surface area contributed by atoms with E-state index < -0.39 is 23.7 Å².